The summed E-state index contributed by atoms with van der Waals surface area (Å²) in [7, 11) is 0. The van der Waals surface area contributed by atoms with Gasteiger partial charge < -0.3 is 89.3 Å². The zero-order valence-electron chi connectivity index (χ0n) is 23.0. The summed E-state index contributed by atoms with van der Waals surface area (Å²) in [5.74, 6) is 0. The summed E-state index contributed by atoms with van der Waals surface area (Å²) in [6, 6.07) is 0. The van der Waals surface area contributed by atoms with Crippen molar-refractivity contribution in [3.8, 4) is 0 Å². The minimum Gasteiger partial charge on any atom is -0.394 e. The Morgan fingerprint density at radius 2 is 0.881 bits per heavy atom. The Labute approximate surface area is 240 Å². The molecule has 4 fully saturated rings. The normalized spacial score (nSPS) is 55.9. The average molecular weight is 619 g/mol. The third-order valence-corrected chi connectivity index (χ3v) is 8.09. The highest BCUT2D eigenvalue weighted by Crippen LogP contribution is 2.35. The molecule has 18 heteroatoms. The number of hydrogen-bond acceptors (Lipinski definition) is 18. The first-order valence-corrected chi connectivity index (χ1v) is 13.7. The van der Waals surface area contributed by atoms with Gasteiger partial charge >= 0.3 is 0 Å². The second kappa shape index (κ2) is 13.7. The molecule has 4 rings (SSSR count). The highest BCUT2D eigenvalue weighted by Gasteiger charge is 2.55. The Kier molecular flexibility index (Phi) is 11.2. The SMILES string of the molecule is C[C@@H]1O[C@@H](O[C@H]2[C@H](O[C@@H]3[C@@H](O)[C@H](C)OC(O)[C@@H]3O)O[C@@H](C)[C@H](O)[C@H]2O[C@H]2O[C@H](CO)[C@@H](O)[C@H](O)[C@H]2O)[C@H](O)[C@H](O)[C@H]1O. The molecule has 0 saturated carbocycles. The first kappa shape index (κ1) is 34.2. The summed E-state index contributed by atoms with van der Waals surface area (Å²) in [5, 5.41) is 114. The molecule has 246 valence electrons. The Hall–Kier alpha value is -0.720. The highest BCUT2D eigenvalue weighted by molar-refractivity contribution is 4.97. The van der Waals surface area contributed by atoms with Gasteiger partial charge in [0.15, 0.2) is 25.2 Å². The monoisotopic (exact) mass is 618 g/mol. The van der Waals surface area contributed by atoms with Crippen LogP contribution in [0.5, 0.6) is 0 Å². The molecule has 42 heavy (non-hydrogen) atoms. The van der Waals surface area contributed by atoms with Crippen LogP contribution in [0.2, 0.25) is 0 Å². The molecule has 0 aliphatic carbocycles. The van der Waals surface area contributed by atoms with Crippen LogP contribution in [-0.4, -0.2) is 186 Å². The predicted octanol–water partition coefficient (Wildman–Crippen LogP) is -6.67. The maximum atomic E-state index is 11.1. The summed E-state index contributed by atoms with van der Waals surface area (Å²) in [5.41, 5.74) is 0. The van der Waals surface area contributed by atoms with Gasteiger partial charge in [0.25, 0.3) is 0 Å². The van der Waals surface area contributed by atoms with Crippen LogP contribution in [-0.2, 0) is 33.2 Å². The number of aliphatic hydroxyl groups is 11. The fourth-order valence-corrected chi connectivity index (χ4v) is 5.34. The van der Waals surface area contributed by atoms with E-state index in [1.807, 2.05) is 0 Å². The largest absolute Gasteiger partial charge is 0.394 e. The zero-order chi connectivity index (χ0) is 31.2. The standard InChI is InChI=1S/C24H42O18/c1-5-9(26)13(30)15(32)22(37-5)42-20-19(41-23-16(33)14(31)12(29)8(4-25)39-23)11(28)7(3)38-24(20)40-18-10(27)6(2)36-21(35)17(18)34/h5-35H,4H2,1-3H3/t5-,6-,7-,8+,9-,10-,11-,12+,13+,14-,15+,16+,17+,18+,19+,20+,21?,22-,23+,24-/m0/s1. The molecular weight excluding hydrogens is 576 g/mol. The van der Waals surface area contributed by atoms with Gasteiger partial charge in [0.05, 0.1) is 24.9 Å². The van der Waals surface area contributed by atoms with Crippen LogP contribution in [0.15, 0.2) is 0 Å². The number of aliphatic hydroxyl groups excluding tert-OH is 11. The third-order valence-electron chi connectivity index (χ3n) is 8.09. The lowest BCUT2D eigenvalue weighted by Gasteiger charge is -2.50. The van der Waals surface area contributed by atoms with Gasteiger partial charge in [-0.1, -0.05) is 0 Å². The molecule has 4 aliphatic rings. The van der Waals surface area contributed by atoms with Crippen molar-refractivity contribution in [3.05, 3.63) is 0 Å². The van der Waals surface area contributed by atoms with Gasteiger partial charge in [-0.05, 0) is 20.8 Å². The minimum absolute atomic E-state index is 0.774. The van der Waals surface area contributed by atoms with Crippen LogP contribution in [0.25, 0.3) is 0 Å². The van der Waals surface area contributed by atoms with Gasteiger partial charge in [0.2, 0.25) is 0 Å². The summed E-state index contributed by atoms with van der Waals surface area (Å²) >= 11 is 0. The summed E-state index contributed by atoms with van der Waals surface area (Å²) in [6.07, 6.45) is -31.8. The van der Waals surface area contributed by atoms with Crippen molar-refractivity contribution in [2.75, 3.05) is 6.61 Å². The van der Waals surface area contributed by atoms with E-state index in [0.29, 0.717) is 0 Å². The molecule has 0 aromatic carbocycles. The molecule has 0 aromatic rings. The van der Waals surface area contributed by atoms with E-state index in [-0.39, 0.29) is 0 Å². The molecule has 0 amide bonds. The molecule has 0 spiro atoms. The van der Waals surface area contributed by atoms with Gasteiger partial charge in [-0.3, -0.25) is 0 Å². The lowest BCUT2D eigenvalue weighted by molar-refractivity contribution is -0.401. The van der Waals surface area contributed by atoms with Crippen LogP contribution in [0, 0.1) is 0 Å². The smallest absolute Gasteiger partial charge is 0.187 e. The fourth-order valence-electron chi connectivity index (χ4n) is 5.34. The first-order chi connectivity index (χ1) is 19.7. The second-order valence-corrected chi connectivity index (χ2v) is 11.1. The highest BCUT2D eigenvalue weighted by atomic mass is 16.8. The molecule has 0 aromatic heterocycles. The van der Waals surface area contributed by atoms with Crippen LogP contribution >= 0.6 is 0 Å². The van der Waals surface area contributed by atoms with E-state index in [4.69, 9.17) is 33.2 Å². The molecule has 4 heterocycles. The summed E-state index contributed by atoms with van der Waals surface area (Å²) < 4.78 is 39.3. The van der Waals surface area contributed by atoms with Crippen molar-refractivity contribution in [1.82, 2.24) is 0 Å². The number of rotatable bonds is 7. The number of ether oxygens (including phenoxy) is 7. The van der Waals surface area contributed by atoms with Gasteiger partial charge in [-0.2, -0.15) is 0 Å². The Morgan fingerprint density at radius 3 is 1.50 bits per heavy atom. The third kappa shape index (κ3) is 6.62. The minimum atomic E-state index is -1.89. The van der Waals surface area contributed by atoms with E-state index in [0.717, 1.165) is 0 Å². The summed E-state index contributed by atoms with van der Waals surface area (Å²) in [4.78, 5) is 0. The van der Waals surface area contributed by atoms with Crippen molar-refractivity contribution in [2.45, 2.75) is 144 Å². The molecule has 4 aliphatic heterocycles. The zero-order valence-corrected chi connectivity index (χ0v) is 23.0. The predicted molar refractivity (Wildman–Crippen MR) is 130 cm³/mol. The van der Waals surface area contributed by atoms with Crippen molar-refractivity contribution < 1.29 is 89.3 Å². The van der Waals surface area contributed by atoms with E-state index in [9.17, 15) is 56.2 Å². The summed E-state index contributed by atoms with van der Waals surface area (Å²) in [6.45, 7) is 3.41. The van der Waals surface area contributed by atoms with Crippen molar-refractivity contribution in [2.24, 2.45) is 0 Å². The van der Waals surface area contributed by atoms with E-state index in [2.05, 4.69) is 0 Å². The molecule has 4 saturated heterocycles. The van der Waals surface area contributed by atoms with Crippen LogP contribution in [0.3, 0.4) is 0 Å². The Bertz CT molecular complexity index is 853. The molecule has 11 N–H and O–H groups in total. The van der Waals surface area contributed by atoms with Crippen molar-refractivity contribution in [1.29, 1.82) is 0 Å². The van der Waals surface area contributed by atoms with E-state index in [1.165, 1.54) is 20.8 Å². The Morgan fingerprint density at radius 1 is 0.429 bits per heavy atom. The van der Waals surface area contributed by atoms with Crippen LogP contribution in [0.1, 0.15) is 20.8 Å². The van der Waals surface area contributed by atoms with Gasteiger partial charge in [-0.25, -0.2) is 0 Å². The number of hydrogen-bond donors (Lipinski definition) is 11. The lowest BCUT2D eigenvalue weighted by atomic mass is 9.95. The first-order valence-electron chi connectivity index (χ1n) is 13.7. The van der Waals surface area contributed by atoms with E-state index >= 15 is 0 Å². The van der Waals surface area contributed by atoms with Gasteiger partial charge in [0.1, 0.15) is 79.4 Å². The maximum absolute atomic E-state index is 11.1. The van der Waals surface area contributed by atoms with Crippen molar-refractivity contribution in [3.63, 3.8) is 0 Å². The van der Waals surface area contributed by atoms with E-state index in [1.54, 1.807) is 0 Å². The van der Waals surface area contributed by atoms with Crippen LogP contribution in [0.4, 0.5) is 0 Å². The lowest BCUT2D eigenvalue weighted by Crippen LogP contribution is -2.67. The Balaban J connectivity index is 1.66. The molecule has 1 unspecified atom stereocenters. The molecule has 18 nitrogen and oxygen atoms in total. The molecule has 20 atom stereocenters. The fraction of sp³-hybridized carbons (Fsp3) is 1.00. The second-order valence-electron chi connectivity index (χ2n) is 11.1. The molecule has 0 bridgehead atoms. The van der Waals surface area contributed by atoms with Crippen LogP contribution < -0.4 is 0 Å². The van der Waals surface area contributed by atoms with Gasteiger partial charge in [0, 0.05) is 0 Å². The van der Waals surface area contributed by atoms with E-state index < -0.39 is 129 Å². The topological polar surface area (TPSA) is 287 Å². The maximum Gasteiger partial charge on any atom is 0.187 e. The van der Waals surface area contributed by atoms with Crippen molar-refractivity contribution >= 4 is 0 Å². The quantitative estimate of drug-likeness (QED) is 0.126. The molecule has 0 radical (unpaired) electrons. The van der Waals surface area contributed by atoms with Gasteiger partial charge in [-0.15, -0.1) is 0 Å². The average Bonchev–Trinajstić information content (AvgIpc) is 2.95. The molecular formula is C24H42O18.